The molecular formula is C12H10O4. The topological polar surface area (TPSA) is 63.6 Å². The summed E-state index contributed by atoms with van der Waals surface area (Å²) in [5.74, 6) is -1.90. The molecule has 1 aliphatic carbocycles. The molecule has 0 spiro atoms. The fourth-order valence-corrected chi connectivity index (χ4v) is 1.63. The number of benzene rings is 1. The molecule has 0 unspecified atom stereocenters. The van der Waals surface area contributed by atoms with Crippen molar-refractivity contribution >= 4 is 18.0 Å². The summed E-state index contributed by atoms with van der Waals surface area (Å²) < 4.78 is 5.04. The van der Waals surface area contributed by atoms with E-state index in [0.717, 1.165) is 11.1 Å². The van der Waals surface area contributed by atoms with Crippen LogP contribution in [-0.4, -0.2) is 17.0 Å². The molecule has 0 saturated heterocycles. The number of ether oxygens (including phenoxy) is 1. The highest BCUT2D eigenvalue weighted by Gasteiger charge is 2.21. The van der Waals surface area contributed by atoms with E-state index in [4.69, 9.17) is 9.84 Å². The maximum Gasteiger partial charge on any atom is 0.318 e. The lowest BCUT2D eigenvalue weighted by atomic mass is 10.1. The van der Waals surface area contributed by atoms with Gasteiger partial charge in [-0.3, -0.25) is 9.59 Å². The van der Waals surface area contributed by atoms with Crippen molar-refractivity contribution in [3.63, 3.8) is 0 Å². The maximum atomic E-state index is 11.2. The van der Waals surface area contributed by atoms with Crippen LogP contribution in [0.15, 0.2) is 30.3 Å². The predicted molar refractivity (Wildman–Crippen MR) is 56.6 cm³/mol. The molecule has 0 aliphatic heterocycles. The third-order valence-electron chi connectivity index (χ3n) is 2.31. The smallest absolute Gasteiger partial charge is 0.318 e. The second-order valence-corrected chi connectivity index (χ2v) is 3.47. The molecule has 1 aromatic carbocycles. The second kappa shape index (κ2) is 4.18. The quantitative estimate of drug-likeness (QED) is 0.620. The van der Waals surface area contributed by atoms with Crippen molar-refractivity contribution in [3.8, 4) is 0 Å². The van der Waals surface area contributed by atoms with Gasteiger partial charge < -0.3 is 9.84 Å². The Hall–Kier alpha value is -2.10. The summed E-state index contributed by atoms with van der Waals surface area (Å²) in [7, 11) is 0. The van der Waals surface area contributed by atoms with Gasteiger partial charge in [-0.25, -0.2) is 0 Å². The normalized spacial score (nSPS) is 16.9. The summed E-state index contributed by atoms with van der Waals surface area (Å²) in [6.07, 6.45) is 2.54. The van der Waals surface area contributed by atoms with Gasteiger partial charge in [0.05, 0.1) is 0 Å². The van der Waals surface area contributed by atoms with Crippen LogP contribution in [0.5, 0.6) is 0 Å². The molecule has 1 atom stereocenters. The summed E-state index contributed by atoms with van der Waals surface area (Å²) in [4.78, 5) is 21.5. The Kier molecular flexibility index (Phi) is 2.72. The summed E-state index contributed by atoms with van der Waals surface area (Å²) in [6, 6.07) is 7.51. The zero-order valence-corrected chi connectivity index (χ0v) is 8.42. The van der Waals surface area contributed by atoms with Gasteiger partial charge in [0.1, 0.15) is 12.5 Å². The molecule has 1 aromatic rings. The number of hydrogen-bond donors (Lipinski definition) is 1. The first-order valence-electron chi connectivity index (χ1n) is 4.85. The predicted octanol–water partition coefficient (Wildman–Crippen LogP) is 1.77. The van der Waals surface area contributed by atoms with Crippen LogP contribution in [0.4, 0.5) is 0 Å². The van der Waals surface area contributed by atoms with E-state index in [0.29, 0.717) is 0 Å². The molecule has 16 heavy (non-hydrogen) atoms. The number of carbonyl (C=O) groups is 2. The van der Waals surface area contributed by atoms with Crippen LogP contribution < -0.4 is 0 Å². The number of carbonyl (C=O) groups excluding carboxylic acids is 1. The molecule has 0 fully saturated rings. The van der Waals surface area contributed by atoms with Crippen molar-refractivity contribution in [3.05, 3.63) is 41.5 Å². The largest absolute Gasteiger partial charge is 0.481 e. The summed E-state index contributed by atoms with van der Waals surface area (Å²) >= 11 is 0. The number of carboxylic acid groups (broad SMARTS) is 1. The van der Waals surface area contributed by atoms with E-state index >= 15 is 0 Å². The third kappa shape index (κ3) is 2.11. The van der Waals surface area contributed by atoms with Gasteiger partial charge in [-0.15, -0.1) is 0 Å². The average Bonchev–Trinajstić information content (AvgIpc) is 2.61. The molecule has 0 saturated carbocycles. The number of fused-ring (bicyclic) bond motifs is 1. The minimum Gasteiger partial charge on any atom is -0.481 e. The van der Waals surface area contributed by atoms with Crippen LogP contribution in [0.1, 0.15) is 23.7 Å². The van der Waals surface area contributed by atoms with Crippen LogP contribution in [0.3, 0.4) is 0 Å². The van der Waals surface area contributed by atoms with Crippen molar-refractivity contribution in [1.29, 1.82) is 0 Å². The van der Waals surface area contributed by atoms with Gasteiger partial charge in [0, 0.05) is 5.56 Å². The molecule has 4 heteroatoms. The fraction of sp³-hybridized carbons (Fsp3) is 0.167. The first kappa shape index (κ1) is 10.4. The molecule has 0 heterocycles. The lowest BCUT2D eigenvalue weighted by Crippen LogP contribution is -2.12. The summed E-state index contributed by atoms with van der Waals surface area (Å²) in [5.41, 5.74) is 1.89. The Labute approximate surface area is 92.2 Å². The number of carboxylic acids is 1. The molecule has 1 aliphatic rings. The maximum absolute atomic E-state index is 11.2. The Balaban J connectivity index is 2.06. The van der Waals surface area contributed by atoms with E-state index < -0.39 is 24.5 Å². The zero-order valence-electron chi connectivity index (χ0n) is 8.42. The Morgan fingerprint density at radius 1 is 1.31 bits per heavy atom. The molecule has 0 amide bonds. The van der Waals surface area contributed by atoms with E-state index in [1.54, 1.807) is 6.08 Å². The highest BCUT2D eigenvalue weighted by Crippen LogP contribution is 2.30. The summed E-state index contributed by atoms with van der Waals surface area (Å²) in [6.45, 7) is 0. The lowest BCUT2D eigenvalue weighted by Gasteiger charge is -2.11. The van der Waals surface area contributed by atoms with E-state index in [9.17, 15) is 9.59 Å². The highest BCUT2D eigenvalue weighted by atomic mass is 16.5. The fourth-order valence-electron chi connectivity index (χ4n) is 1.63. The molecule has 82 valence electrons. The van der Waals surface area contributed by atoms with Gasteiger partial charge in [-0.2, -0.15) is 0 Å². The Morgan fingerprint density at radius 2 is 2.06 bits per heavy atom. The van der Waals surface area contributed by atoms with Crippen molar-refractivity contribution in [1.82, 2.24) is 0 Å². The first-order valence-corrected chi connectivity index (χ1v) is 4.85. The van der Waals surface area contributed by atoms with Crippen LogP contribution in [-0.2, 0) is 14.3 Å². The number of rotatable bonds is 3. The van der Waals surface area contributed by atoms with Gasteiger partial charge >= 0.3 is 11.9 Å². The van der Waals surface area contributed by atoms with Crippen LogP contribution >= 0.6 is 0 Å². The number of hydrogen-bond acceptors (Lipinski definition) is 3. The van der Waals surface area contributed by atoms with Crippen molar-refractivity contribution in [2.45, 2.75) is 12.5 Å². The molecule has 0 radical (unpaired) electrons. The lowest BCUT2D eigenvalue weighted by molar-refractivity contribution is -0.153. The molecule has 2 rings (SSSR count). The van der Waals surface area contributed by atoms with E-state index in [-0.39, 0.29) is 0 Å². The van der Waals surface area contributed by atoms with E-state index in [1.807, 2.05) is 30.3 Å². The third-order valence-corrected chi connectivity index (χ3v) is 2.31. The van der Waals surface area contributed by atoms with Crippen LogP contribution in [0.2, 0.25) is 0 Å². The van der Waals surface area contributed by atoms with Crippen molar-refractivity contribution in [2.75, 3.05) is 0 Å². The zero-order chi connectivity index (χ0) is 11.5. The Morgan fingerprint density at radius 3 is 2.81 bits per heavy atom. The van der Waals surface area contributed by atoms with Crippen LogP contribution in [0, 0.1) is 0 Å². The molecule has 0 bridgehead atoms. The highest BCUT2D eigenvalue weighted by molar-refractivity contribution is 5.90. The minimum absolute atomic E-state index is 0.456. The molecule has 4 nitrogen and oxygen atoms in total. The standard InChI is InChI=1S/C12H10O4/c13-11(14)7-12(15)16-10-6-5-8-3-1-2-4-9(8)10/h1-6,10H,7H2,(H,13,14)/t10-/m1/s1. The molecular weight excluding hydrogens is 208 g/mol. The second-order valence-electron chi connectivity index (χ2n) is 3.47. The van der Waals surface area contributed by atoms with Crippen molar-refractivity contribution < 1.29 is 19.4 Å². The SMILES string of the molecule is O=C(O)CC(=O)O[C@@H]1C=Cc2ccccc21. The average molecular weight is 218 g/mol. The molecule has 1 N–H and O–H groups in total. The van der Waals surface area contributed by atoms with Gasteiger partial charge in [0.15, 0.2) is 0 Å². The first-order chi connectivity index (χ1) is 7.66. The van der Waals surface area contributed by atoms with Crippen LogP contribution in [0.25, 0.3) is 6.08 Å². The summed E-state index contributed by atoms with van der Waals surface area (Å²) in [5, 5.41) is 8.43. The van der Waals surface area contributed by atoms with Gasteiger partial charge in [0.2, 0.25) is 0 Å². The Bertz CT molecular complexity index is 462. The van der Waals surface area contributed by atoms with Gasteiger partial charge in [-0.05, 0) is 11.6 Å². The molecule has 0 aromatic heterocycles. The number of aliphatic carboxylic acids is 1. The van der Waals surface area contributed by atoms with Crippen molar-refractivity contribution in [2.24, 2.45) is 0 Å². The van der Waals surface area contributed by atoms with Gasteiger partial charge in [0.25, 0.3) is 0 Å². The van der Waals surface area contributed by atoms with E-state index in [2.05, 4.69) is 0 Å². The van der Waals surface area contributed by atoms with Gasteiger partial charge in [-0.1, -0.05) is 30.3 Å². The minimum atomic E-state index is -1.18. The number of esters is 1. The van der Waals surface area contributed by atoms with E-state index in [1.165, 1.54) is 0 Å². The monoisotopic (exact) mass is 218 g/mol.